The summed E-state index contributed by atoms with van der Waals surface area (Å²) in [5.41, 5.74) is 2.10. The average Bonchev–Trinajstić information content (AvgIpc) is 3.14. The summed E-state index contributed by atoms with van der Waals surface area (Å²) in [5, 5.41) is 4.93. The highest BCUT2D eigenvalue weighted by Gasteiger charge is 2.24. The molecule has 0 aliphatic carbocycles. The number of nitrogens with zero attached hydrogens (tertiary/aromatic N) is 4. The summed E-state index contributed by atoms with van der Waals surface area (Å²) in [6, 6.07) is 7.57. The van der Waals surface area contributed by atoms with Gasteiger partial charge in [0.2, 0.25) is 0 Å². The maximum absolute atomic E-state index is 14.8. The Kier molecular flexibility index (Phi) is 4.11. The van der Waals surface area contributed by atoms with Gasteiger partial charge in [0, 0.05) is 24.2 Å². The number of aromatic nitrogens is 4. The fourth-order valence-electron chi connectivity index (χ4n) is 3.28. The van der Waals surface area contributed by atoms with E-state index in [-0.39, 0.29) is 11.3 Å². The van der Waals surface area contributed by atoms with Gasteiger partial charge < -0.3 is 4.74 Å². The molecule has 4 aromatic rings. The zero-order chi connectivity index (χ0) is 19.3. The lowest BCUT2D eigenvalue weighted by Gasteiger charge is -2.12. The van der Waals surface area contributed by atoms with Gasteiger partial charge in [0.1, 0.15) is 29.5 Å². The van der Waals surface area contributed by atoms with Crippen molar-refractivity contribution >= 4 is 22.6 Å². The monoisotopic (exact) mass is 388 g/mol. The molecule has 0 N–H and O–H groups in total. The zero-order valence-electron chi connectivity index (χ0n) is 14.8. The predicted molar refractivity (Wildman–Crippen MR) is 99.5 cm³/mol. The summed E-state index contributed by atoms with van der Waals surface area (Å²) in [4.78, 5) is 4.34. The summed E-state index contributed by atoms with van der Waals surface area (Å²) in [6.07, 6.45) is 1.58. The molecular weight excluding hydrogens is 374 g/mol. The Balaban J connectivity index is 2.03. The van der Waals surface area contributed by atoms with Gasteiger partial charge in [0.15, 0.2) is 0 Å². The SMILES string of the molecule is COc1cc(F)c(-c2c(C)nn(C)c2-n2cnc3cc(Cl)ccc32)c(F)c1. The van der Waals surface area contributed by atoms with Crippen LogP contribution in [-0.2, 0) is 7.05 Å². The van der Waals surface area contributed by atoms with Crippen LogP contribution >= 0.6 is 11.6 Å². The molecule has 0 atom stereocenters. The minimum atomic E-state index is -0.725. The standard InChI is InChI=1S/C19H15ClF2N4O/c1-10-17(18-13(21)7-12(27-3)8-14(18)22)19(25(2)24-10)26-9-23-15-6-11(20)4-5-16(15)26/h4-9H,1-3H3. The number of fused-ring (bicyclic) bond motifs is 1. The van der Waals surface area contributed by atoms with Crippen LogP contribution in [0.2, 0.25) is 5.02 Å². The molecule has 0 saturated carbocycles. The number of benzene rings is 2. The molecule has 0 saturated heterocycles. The highest BCUT2D eigenvalue weighted by atomic mass is 35.5. The third kappa shape index (κ3) is 2.75. The molecule has 138 valence electrons. The van der Waals surface area contributed by atoms with E-state index in [9.17, 15) is 8.78 Å². The van der Waals surface area contributed by atoms with Crippen molar-refractivity contribution in [2.24, 2.45) is 7.05 Å². The second kappa shape index (κ2) is 6.35. The van der Waals surface area contributed by atoms with Crippen LogP contribution in [0.5, 0.6) is 5.75 Å². The second-order valence-corrected chi connectivity index (χ2v) is 6.56. The van der Waals surface area contributed by atoms with E-state index in [0.717, 1.165) is 17.6 Å². The van der Waals surface area contributed by atoms with Crippen molar-refractivity contribution in [3.8, 4) is 22.7 Å². The number of aryl methyl sites for hydroxylation is 2. The Morgan fingerprint density at radius 1 is 1.07 bits per heavy atom. The molecule has 4 rings (SSSR count). The molecule has 2 aromatic carbocycles. The van der Waals surface area contributed by atoms with Gasteiger partial charge in [-0.2, -0.15) is 5.10 Å². The van der Waals surface area contributed by atoms with Crippen LogP contribution in [-0.4, -0.2) is 26.4 Å². The van der Waals surface area contributed by atoms with Crippen molar-refractivity contribution in [2.45, 2.75) is 6.92 Å². The summed E-state index contributed by atoms with van der Waals surface area (Å²) in [5.74, 6) is -0.840. The molecule has 2 heterocycles. The molecule has 8 heteroatoms. The van der Waals surface area contributed by atoms with Crippen molar-refractivity contribution < 1.29 is 13.5 Å². The number of hydrogen-bond donors (Lipinski definition) is 0. The largest absolute Gasteiger partial charge is 0.497 e. The van der Waals surface area contributed by atoms with Crippen LogP contribution in [0.3, 0.4) is 0 Å². The first-order chi connectivity index (χ1) is 12.9. The minimum Gasteiger partial charge on any atom is -0.497 e. The summed E-state index contributed by atoms with van der Waals surface area (Å²) in [7, 11) is 3.07. The molecule has 0 fully saturated rings. The highest BCUT2D eigenvalue weighted by molar-refractivity contribution is 6.31. The molecule has 2 aromatic heterocycles. The van der Waals surface area contributed by atoms with E-state index < -0.39 is 11.6 Å². The third-order valence-electron chi connectivity index (χ3n) is 4.43. The van der Waals surface area contributed by atoms with E-state index in [0.29, 0.717) is 27.6 Å². The third-order valence-corrected chi connectivity index (χ3v) is 4.67. The molecule has 0 spiro atoms. The van der Waals surface area contributed by atoms with Crippen molar-refractivity contribution in [1.82, 2.24) is 19.3 Å². The van der Waals surface area contributed by atoms with E-state index in [4.69, 9.17) is 16.3 Å². The number of halogens is 3. The zero-order valence-corrected chi connectivity index (χ0v) is 15.6. The molecule has 0 aliphatic heterocycles. The van der Waals surface area contributed by atoms with Gasteiger partial charge in [-0.25, -0.2) is 13.8 Å². The Labute approximate surface area is 158 Å². The molecule has 0 radical (unpaired) electrons. The Morgan fingerprint density at radius 2 is 1.78 bits per heavy atom. The first kappa shape index (κ1) is 17.5. The average molecular weight is 389 g/mol. The van der Waals surface area contributed by atoms with Gasteiger partial charge in [-0.05, 0) is 25.1 Å². The van der Waals surface area contributed by atoms with Gasteiger partial charge in [-0.15, -0.1) is 0 Å². The maximum Gasteiger partial charge on any atom is 0.144 e. The van der Waals surface area contributed by atoms with E-state index in [1.807, 2.05) is 0 Å². The molecular formula is C19H15ClF2N4O. The molecule has 27 heavy (non-hydrogen) atoms. The number of ether oxygens (including phenoxy) is 1. The second-order valence-electron chi connectivity index (χ2n) is 6.12. The Hall–Kier alpha value is -2.93. The first-order valence-electron chi connectivity index (χ1n) is 8.10. The topological polar surface area (TPSA) is 44.9 Å². The molecule has 5 nitrogen and oxygen atoms in total. The number of methoxy groups -OCH3 is 1. The Morgan fingerprint density at radius 3 is 2.44 bits per heavy atom. The van der Waals surface area contributed by atoms with Gasteiger partial charge in [-0.3, -0.25) is 9.25 Å². The van der Waals surface area contributed by atoms with Crippen molar-refractivity contribution in [2.75, 3.05) is 7.11 Å². The fraction of sp³-hybridized carbons (Fsp3) is 0.158. The predicted octanol–water partition coefficient (Wildman–Crippen LogP) is 4.67. The van der Waals surface area contributed by atoms with Gasteiger partial charge in [-0.1, -0.05) is 11.6 Å². The fourth-order valence-corrected chi connectivity index (χ4v) is 3.44. The number of rotatable bonds is 3. The van der Waals surface area contributed by atoms with Crippen LogP contribution in [0, 0.1) is 18.6 Å². The highest BCUT2D eigenvalue weighted by Crippen LogP contribution is 2.37. The maximum atomic E-state index is 14.8. The first-order valence-corrected chi connectivity index (χ1v) is 8.48. The van der Waals surface area contributed by atoms with Crippen LogP contribution in [0.4, 0.5) is 8.78 Å². The van der Waals surface area contributed by atoms with Crippen molar-refractivity contribution in [3.63, 3.8) is 0 Å². The molecule has 0 aliphatic rings. The number of imidazole rings is 1. The van der Waals surface area contributed by atoms with Gasteiger partial charge in [0.25, 0.3) is 0 Å². The van der Waals surface area contributed by atoms with Crippen LogP contribution in [0.1, 0.15) is 5.69 Å². The molecule has 0 amide bonds. The minimum absolute atomic E-state index is 0.111. The lowest BCUT2D eigenvalue weighted by molar-refractivity contribution is 0.407. The van der Waals surface area contributed by atoms with Crippen LogP contribution in [0.15, 0.2) is 36.7 Å². The quantitative estimate of drug-likeness (QED) is 0.512. The van der Waals surface area contributed by atoms with Crippen LogP contribution in [0.25, 0.3) is 28.0 Å². The lowest BCUT2D eigenvalue weighted by Crippen LogP contribution is -2.04. The Bertz CT molecular complexity index is 1160. The summed E-state index contributed by atoms with van der Waals surface area (Å²) < 4.78 is 37.8. The van der Waals surface area contributed by atoms with Gasteiger partial charge >= 0.3 is 0 Å². The molecule has 0 unspecified atom stereocenters. The van der Waals surface area contributed by atoms with E-state index in [2.05, 4.69) is 10.1 Å². The summed E-state index contributed by atoms with van der Waals surface area (Å²) >= 11 is 6.03. The lowest BCUT2D eigenvalue weighted by atomic mass is 10.0. The van der Waals surface area contributed by atoms with E-state index in [1.54, 1.807) is 47.7 Å². The van der Waals surface area contributed by atoms with E-state index in [1.165, 1.54) is 7.11 Å². The summed E-state index contributed by atoms with van der Waals surface area (Å²) in [6.45, 7) is 1.71. The van der Waals surface area contributed by atoms with Gasteiger partial charge in [0.05, 0.1) is 35.0 Å². The van der Waals surface area contributed by atoms with Crippen molar-refractivity contribution in [1.29, 1.82) is 0 Å². The molecule has 0 bridgehead atoms. The van der Waals surface area contributed by atoms with Crippen LogP contribution < -0.4 is 4.74 Å². The smallest absolute Gasteiger partial charge is 0.144 e. The number of hydrogen-bond acceptors (Lipinski definition) is 3. The van der Waals surface area contributed by atoms with E-state index >= 15 is 0 Å². The normalized spacial score (nSPS) is 11.3. The van der Waals surface area contributed by atoms with Crippen molar-refractivity contribution in [3.05, 3.63) is 59.0 Å².